The van der Waals surface area contributed by atoms with Gasteiger partial charge in [0.1, 0.15) is 6.04 Å². The Hall–Kier alpha value is -1.08. The standard InChI is InChI=1S/C14H25N3O7S2/c1-3-6-25-9-10(2)8-23-15-13(18)12-5-4-11-7-16(12)14(19)17(11)24-26(20,21)22/h10-12H,3-9H2,1-2H3,(H,15,18)(H,20,21,22)/t10?,11?,12-/m0/s1. The van der Waals surface area contributed by atoms with Crippen molar-refractivity contribution in [2.75, 3.05) is 24.7 Å². The Bertz CT molecular complexity index is 616. The molecule has 12 heteroatoms. The van der Waals surface area contributed by atoms with Crippen molar-refractivity contribution >= 4 is 34.1 Å². The molecular formula is C14H25N3O7S2. The van der Waals surface area contributed by atoms with Gasteiger partial charge in [0.15, 0.2) is 0 Å². The molecule has 2 N–H and O–H groups in total. The first-order chi connectivity index (χ1) is 12.2. The van der Waals surface area contributed by atoms with Crippen molar-refractivity contribution in [3.05, 3.63) is 0 Å². The molecule has 2 fully saturated rings. The van der Waals surface area contributed by atoms with E-state index in [0.717, 1.165) is 17.9 Å². The highest BCUT2D eigenvalue weighted by Gasteiger charge is 2.49. The molecule has 10 nitrogen and oxygen atoms in total. The van der Waals surface area contributed by atoms with Crippen molar-refractivity contribution in [3.8, 4) is 0 Å². The number of fused-ring (bicyclic) bond motifs is 2. The maximum Gasteiger partial charge on any atom is 0.418 e. The van der Waals surface area contributed by atoms with Crippen LogP contribution in [0.25, 0.3) is 0 Å². The lowest BCUT2D eigenvalue weighted by Crippen LogP contribution is -2.50. The largest absolute Gasteiger partial charge is 0.418 e. The third-order valence-electron chi connectivity index (χ3n) is 4.09. The summed E-state index contributed by atoms with van der Waals surface area (Å²) in [6, 6.07) is -2.06. The van der Waals surface area contributed by atoms with Gasteiger partial charge in [-0.3, -0.25) is 14.2 Å². The van der Waals surface area contributed by atoms with E-state index < -0.39 is 34.4 Å². The fourth-order valence-electron chi connectivity index (χ4n) is 2.90. The molecule has 2 rings (SSSR count). The van der Waals surface area contributed by atoms with Crippen LogP contribution >= 0.6 is 11.8 Å². The minimum Gasteiger partial charge on any atom is -0.309 e. The van der Waals surface area contributed by atoms with Crippen molar-refractivity contribution in [2.45, 2.75) is 45.2 Å². The maximum absolute atomic E-state index is 12.3. The smallest absolute Gasteiger partial charge is 0.309 e. The first-order valence-electron chi connectivity index (χ1n) is 8.49. The van der Waals surface area contributed by atoms with Crippen molar-refractivity contribution in [1.29, 1.82) is 0 Å². The fraction of sp³-hybridized carbons (Fsp3) is 0.857. The molecule has 0 spiro atoms. The number of hydrogen-bond donors (Lipinski definition) is 2. The van der Waals surface area contributed by atoms with E-state index in [1.165, 1.54) is 4.90 Å². The Morgan fingerprint density at radius 1 is 1.46 bits per heavy atom. The van der Waals surface area contributed by atoms with E-state index in [9.17, 15) is 18.0 Å². The zero-order valence-corrected chi connectivity index (χ0v) is 16.4. The van der Waals surface area contributed by atoms with E-state index in [1.807, 2.05) is 18.7 Å². The molecule has 0 aromatic carbocycles. The molecule has 2 bridgehead atoms. The van der Waals surface area contributed by atoms with Crippen molar-refractivity contribution in [2.24, 2.45) is 5.92 Å². The van der Waals surface area contributed by atoms with E-state index in [0.29, 0.717) is 24.5 Å². The lowest BCUT2D eigenvalue weighted by atomic mass is 10.0. The van der Waals surface area contributed by atoms with Crippen LogP contribution in [0.2, 0.25) is 0 Å². The van der Waals surface area contributed by atoms with E-state index in [1.54, 1.807) is 0 Å². The van der Waals surface area contributed by atoms with Crippen LogP contribution in [0.15, 0.2) is 0 Å². The fourth-order valence-corrected chi connectivity index (χ4v) is 4.25. The number of hydroxylamine groups is 3. The first kappa shape index (κ1) is 21.2. The molecule has 2 saturated heterocycles. The molecule has 26 heavy (non-hydrogen) atoms. The SMILES string of the molecule is CCCSCC(C)CONC(=O)[C@@H]1CCC2CN1C(=O)N2OS(=O)(=O)O. The zero-order valence-electron chi connectivity index (χ0n) is 14.8. The summed E-state index contributed by atoms with van der Waals surface area (Å²) in [6.07, 6.45) is 1.83. The van der Waals surface area contributed by atoms with Crippen molar-refractivity contribution in [1.82, 2.24) is 15.4 Å². The van der Waals surface area contributed by atoms with Crippen LogP contribution in [0.3, 0.4) is 0 Å². The molecule has 2 aliphatic rings. The number of nitrogens with one attached hydrogen (secondary N) is 1. The van der Waals surface area contributed by atoms with E-state index in [2.05, 4.69) is 16.7 Å². The Morgan fingerprint density at radius 2 is 2.19 bits per heavy atom. The lowest BCUT2D eigenvalue weighted by molar-refractivity contribution is -0.139. The van der Waals surface area contributed by atoms with Gasteiger partial charge in [-0.25, -0.2) is 10.3 Å². The number of piperidine rings is 1. The molecular weight excluding hydrogens is 386 g/mol. The lowest BCUT2D eigenvalue weighted by Gasteiger charge is -2.29. The van der Waals surface area contributed by atoms with Crippen LogP contribution < -0.4 is 5.48 Å². The summed E-state index contributed by atoms with van der Waals surface area (Å²) in [7, 11) is -4.80. The summed E-state index contributed by atoms with van der Waals surface area (Å²) in [6.45, 7) is 4.65. The van der Waals surface area contributed by atoms with E-state index >= 15 is 0 Å². The van der Waals surface area contributed by atoms with Crippen LogP contribution in [0.1, 0.15) is 33.1 Å². The quantitative estimate of drug-likeness (QED) is 0.307. The number of carbonyl (C=O) groups is 2. The van der Waals surface area contributed by atoms with Gasteiger partial charge in [-0.15, -0.1) is 4.28 Å². The van der Waals surface area contributed by atoms with Crippen molar-refractivity contribution in [3.63, 3.8) is 0 Å². The molecule has 3 amide bonds. The van der Waals surface area contributed by atoms with Crippen LogP contribution in [0.5, 0.6) is 0 Å². The van der Waals surface area contributed by atoms with Gasteiger partial charge >= 0.3 is 16.4 Å². The summed E-state index contributed by atoms with van der Waals surface area (Å²) >= 11 is 1.83. The van der Waals surface area contributed by atoms with E-state index in [4.69, 9.17) is 9.39 Å². The van der Waals surface area contributed by atoms with Gasteiger partial charge in [-0.1, -0.05) is 13.8 Å². The highest BCUT2D eigenvalue weighted by atomic mass is 32.3. The number of nitrogens with zero attached hydrogens (tertiary/aromatic N) is 2. The van der Waals surface area contributed by atoms with Crippen molar-refractivity contribution < 1.29 is 31.7 Å². The second-order valence-electron chi connectivity index (χ2n) is 6.47. The maximum atomic E-state index is 12.3. The Kier molecular flexibility index (Phi) is 7.52. The zero-order chi connectivity index (χ0) is 19.3. The second-order valence-corrected chi connectivity index (χ2v) is 8.62. The number of thioether (sulfide) groups is 1. The highest BCUT2D eigenvalue weighted by molar-refractivity contribution is 7.99. The molecule has 2 unspecified atom stereocenters. The Morgan fingerprint density at radius 3 is 2.85 bits per heavy atom. The molecule has 3 atom stereocenters. The molecule has 150 valence electrons. The van der Waals surface area contributed by atoms with Gasteiger partial charge in [-0.2, -0.15) is 25.2 Å². The summed E-state index contributed by atoms with van der Waals surface area (Å²) in [5.74, 6) is 1.83. The molecule has 0 aromatic rings. The van der Waals surface area contributed by atoms with Gasteiger partial charge in [-0.05, 0) is 36.7 Å². The van der Waals surface area contributed by atoms with Gasteiger partial charge in [0.05, 0.1) is 12.6 Å². The molecule has 2 aliphatic heterocycles. The number of urea groups is 1. The van der Waals surface area contributed by atoms with Gasteiger partial charge < -0.3 is 4.90 Å². The minimum absolute atomic E-state index is 0.149. The first-order valence-corrected chi connectivity index (χ1v) is 11.0. The third-order valence-corrected chi connectivity index (χ3v) is 5.94. The third kappa shape index (κ3) is 5.71. The normalized spacial score (nSPS) is 24.0. The number of amides is 3. The highest BCUT2D eigenvalue weighted by Crippen LogP contribution is 2.30. The molecule has 0 aromatic heterocycles. The van der Waals surface area contributed by atoms with Crippen LogP contribution in [-0.2, 0) is 24.3 Å². The molecule has 0 saturated carbocycles. The van der Waals surface area contributed by atoms with Gasteiger partial charge in [0.25, 0.3) is 5.91 Å². The second kappa shape index (κ2) is 9.22. The predicted molar refractivity (Wildman–Crippen MR) is 94.3 cm³/mol. The monoisotopic (exact) mass is 411 g/mol. The summed E-state index contributed by atoms with van der Waals surface area (Å²) in [5.41, 5.74) is 2.37. The predicted octanol–water partition coefficient (Wildman–Crippen LogP) is 0.817. The minimum atomic E-state index is -4.80. The molecule has 0 aliphatic carbocycles. The molecule has 2 heterocycles. The summed E-state index contributed by atoms with van der Waals surface area (Å²) < 4.78 is 34.8. The van der Waals surface area contributed by atoms with Crippen LogP contribution in [-0.4, -0.2) is 71.6 Å². The van der Waals surface area contributed by atoms with Crippen LogP contribution in [0.4, 0.5) is 4.79 Å². The van der Waals surface area contributed by atoms with Gasteiger partial charge in [0.2, 0.25) is 0 Å². The number of carbonyl (C=O) groups excluding carboxylic acids is 2. The van der Waals surface area contributed by atoms with Gasteiger partial charge in [0, 0.05) is 6.54 Å². The Labute approximate surface area is 157 Å². The number of hydrogen-bond acceptors (Lipinski definition) is 7. The van der Waals surface area contributed by atoms with E-state index in [-0.39, 0.29) is 12.5 Å². The Balaban J connectivity index is 1.81. The molecule has 0 radical (unpaired) electrons. The summed E-state index contributed by atoms with van der Waals surface area (Å²) in [5, 5.41) is 0.608. The average molecular weight is 412 g/mol. The average Bonchev–Trinajstić information content (AvgIpc) is 2.79. The van der Waals surface area contributed by atoms with Crippen LogP contribution in [0, 0.1) is 5.92 Å². The summed E-state index contributed by atoms with van der Waals surface area (Å²) in [4.78, 5) is 31.0. The number of rotatable bonds is 10. The topological polar surface area (TPSA) is 125 Å².